The summed E-state index contributed by atoms with van der Waals surface area (Å²) in [6.07, 6.45) is 4.24. The highest BCUT2D eigenvalue weighted by atomic mass is 35.5. The predicted octanol–water partition coefficient (Wildman–Crippen LogP) is 4.80. The Kier molecular flexibility index (Phi) is 4.80. The molecule has 33 heavy (non-hydrogen) atoms. The zero-order valence-electron chi connectivity index (χ0n) is 17.4. The van der Waals surface area contributed by atoms with Gasteiger partial charge >= 0.3 is 0 Å². The number of amides is 2. The quantitative estimate of drug-likeness (QED) is 0.502. The molecule has 3 atom stereocenters. The van der Waals surface area contributed by atoms with E-state index in [0.29, 0.717) is 27.0 Å². The second-order valence-corrected chi connectivity index (χ2v) is 9.85. The van der Waals surface area contributed by atoms with Crippen LogP contribution in [0.25, 0.3) is 0 Å². The van der Waals surface area contributed by atoms with Crippen LogP contribution in [0.4, 0.5) is 10.7 Å². The van der Waals surface area contributed by atoms with Crippen molar-refractivity contribution in [1.82, 2.24) is 0 Å². The van der Waals surface area contributed by atoms with Crippen molar-refractivity contribution in [2.45, 2.75) is 37.8 Å². The molecule has 0 spiro atoms. The average Bonchev–Trinajstić information content (AvgIpc) is 3.58. The van der Waals surface area contributed by atoms with Gasteiger partial charge in [0.15, 0.2) is 6.10 Å². The van der Waals surface area contributed by atoms with Crippen LogP contribution in [0.3, 0.4) is 0 Å². The SMILES string of the molecule is N#Cc1c(N2C(=O)[C@H]3[C@@H](ON(c4ccc(Cl)cc4)[C@H]3c3ccco3)C2=O)sc2c1CCCC2. The fourth-order valence-electron chi connectivity index (χ4n) is 5.00. The van der Waals surface area contributed by atoms with E-state index in [1.54, 1.807) is 41.5 Å². The first-order valence-electron chi connectivity index (χ1n) is 10.8. The third-order valence-corrected chi connectivity index (χ3v) is 8.03. The molecular weight excluding hydrogens is 462 g/mol. The number of aryl methyl sites for hydroxylation is 1. The molecule has 6 rings (SSSR count). The molecular formula is C24H18ClN3O4S. The first-order chi connectivity index (χ1) is 16.1. The van der Waals surface area contributed by atoms with Crippen LogP contribution < -0.4 is 9.96 Å². The number of imide groups is 1. The Morgan fingerprint density at radius 2 is 1.88 bits per heavy atom. The van der Waals surface area contributed by atoms with Crippen LogP contribution in [0.2, 0.25) is 5.02 Å². The number of rotatable bonds is 3. The van der Waals surface area contributed by atoms with Gasteiger partial charge in [0, 0.05) is 9.90 Å². The van der Waals surface area contributed by atoms with Crippen molar-refractivity contribution in [1.29, 1.82) is 5.26 Å². The minimum atomic E-state index is -1.01. The third kappa shape index (κ3) is 3.04. The molecule has 0 unspecified atom stereocenters. The lowest BCUT2D eigenvalue weighted by Gasteiger charge is -2.27. The molecule has 2 aliphatic heterocycles. The summed E-state index contributed by atoms with van der Waals surface area (Å²) < 4.78 is 5.66. The van der Waals surface area contributed by atoms with Gasteiger partial charge in [-0.25, -0.2) is 9.96 Å². The van der Waals surface area contributed by atoms with Crippen LogP contribution in [0.15, 0.2) is 47.1 Å². The molecule has 0 bridgehead atoms. The lowest BCUT2D eigenvalue weighted by Crippen LogP contribution is -2.37. The number of carbonyl (C=O) groups is 2. The van der Waals surface area contributed by atoms with Crippen LogP contribution in [0, 0.1) is 17.2 Å². The van der Waals surface area contributed by atoms with Crippen LogP contribution in [0.5, 0.6) is 0 Å². The van der Waals surface area contributed by atoms with E-state index in [-0.39, 0.29) is 5.91 Å². The van der Waals surface area contributed by atoms with E-state index < -0.39 is 24.0 Å². The average molecular weight is 480 g/mol. The highest BCUT2D eigenvalue weighted by molar-refractivity contribution is 7.17. The van der Waals surface area contributed by atoms with Crippen molar-refractivity contribution in [2.75, 3.05) is 9.96 Å². The number of hydroxylamine groups is 1. The van der Waals surface area contributed by atoms with E-state index in [1.807, 2.05) is 0 Å². The molecule has 2 saturated heterocycles. The number of halogens is 1. The predicted molar refractivity (Wildman–Crippen MR) is 122 cm³/mol. The van der Waals surface area contributed by atoms with E-state index in [2.05, 4.69) is 6.07 Å². The van der Waals surface area contributed by atoms with Gasteiger partial charge in [-0.05, 0) is 67.6 Å². The Morgan fingerprint density at radius 3 is 2.61 bits per heavy atom. The monoisotopic (exact) mass is 479 g/mol. The standard InChI is InChI=1S/C24H18ClN3O4S/c25-13-7-9-14(10-8-13)28-20(17-5-3-11-31-17)19-21(32-28)23(30)27(22(19)29)24-16(12-26)15-4-1-2-6-18(15)33-24/h3,5,7-11,19-21H,1-2,4,6H2/t19-,20+,21-/m1/s1. The zero-order valence-corrected chi connectivity index (χ0v) is 18.9. The molecule has 0 N–H and O–H groups in total. The maximum atomic E-state index is 13.7. The number of carbonyl (C=O) groups excluding carboxylic acids is 2. The van der Waals surface area contributed by atoms with Crippen molar-refractivity contribution in [3.05, 3.63) is 69.4 Å². The number of furan rings is 1. The van der Waals surface area contributed by atoms with Gasteiger partial charge in [0.1, 0.15) is 28.8 Å². The van der Waals surface area contributed by atoms with Gasteiger partial charge in [0.2, 0.25) is 5.91 Å². The number of nitriles is 1. The number of hydrogen-bond acceptors (Lipinski definition) is 7. The first-order valence-corrected chi connectivity index (χ1v) is 12.0. The summed E-state index contributed by atoms with van der Waals surface area (Å²) in [5.74, 6) is -1.11. The molecule has 0 saturated carbocycles. The molecule has 2 aromatic heterocycles. The Morgan fingerprint density at radius 1 is 1.09 bits per heavy atom. The Labute approximate surface area is 198 Å². The van der Waals surface area contributed by atoms with E-state index in [9.17, 15) is 14.9 Å². The van der Waals surface area contributed by atoms with E-state index in [4.69, 9.17) is 20.9 Å². The second-order valence-electron chi connectivity index (χ2n) is 8.33. The smallest absolute Gasteiger partial charge is 0.267 e. The maximum absolute atomic E-state index is 13.7. The van der Waals surface area contributed by atoms with Crippen LogP contribution >= 0.6 is 22.9 Å². The third-order valence-electron chi connectivity index (χ3n) is 6.50. The lowest BCUT2D eigenvalue weighted by atomic mass is 9.94. The van der Waals surface area contributed by atoms with Crippen molar-refractivity contribution in [3.8, 4) is 6.07 Å². The summed E-state index contributed by atoms with van der Waals surface area (Å²) in [5.41, 5.74) is 2.08. The summed E-state index contributed by atoms with van der Waals surface area (Å²) in [6.45, 7) is 0. The van der Waals surface area contributed by atoms with Crippen LogP contribution in [-0.4, -0.2) is 17.9 Å². The molecule has 2 amide bonds. The van der Waals surface area contributed by atoms with Gasteiger partial charge < -0.3 is 4.42 Å². The second kappa shape index (κ2) is 7.73. The largest absolute Gasteiger partial charge is 0.467 e. The molecule has 166 valence electrons. The summed E-state index contributed by atoms with van der Waals surface area (Å²) in [5, 5.41) is 12.4. The minimum absolute atomic E-state index is 0.377. The van der Waals surface area contributed by atoms with Crippen molar-refractivity contribution in [2.24, 2.45) is 5.92 Å². The van der Waals surface area contributed by atoms with Gasteiger partial charge in [-0.3, -0.25) is 14.4 Å². The Hall–Kier alpha value is -3.12. The topological polar surface area (TPSA) is 86.8 Å². The number of thiophene rings is 1. The molecule has 4 heterocycles. The van der Waals surface area contributed by atoms with E-state index >= 15 is 0 Å². The molecule has 1 aromatic carbocycles. The van der Waals surface area contributed by atoms with Gasteiger partial charge in [-0.1, -0.05) is 11.6 Å². The number of hydrogen-bond donors (Lipinski definition) is 0. The molecule has 1 aliphatic carbocycles. The highest BCUT2D eigenvalue weighted by Crippen LogP contribution is 2.50. The van der Waals surface area contributed by atoms with Crippen molar-refractivity contribution < 1.29 is 18.8 Å². The van der Waals surface area contributed by atoms with Crippen LogP contribution in [0.1, 0.15) is 40.6 Å². The fraction of sp³-hybridized carbons (Fsp3) is 0.292. The molecule has 0 radical (unpaired) electrons. The zero-order chi connectivity index (χ0) is 22.7. The van der Waals surface area contributed by atoms with Gasteiger partial charge in [0.25, 0.3) is 5.91 Å². The Balaban J connectivity index is 1.42. The molecule has 2 fully saturated rings. The molecule has 9 heteroatoms. The number of anilines is 2. The number of benzene rings is 1. The molecule has 7 nitrogen and oxygen atoms in total. The molecule has 3 aromatic rings. The van der Waals surface area contributed by atoms with Crippen molar-refractivity contribution >= 4 is 45.4 Å². The Bertz CT molecular complexity index is 1290. The lowest BCUT2D eigenvalue weighted by molar-refractivity contribution is -0.126. The normalized spacial score (nSPS) is 24.2. The van der Waals surface area contributed by atoms with Gasteiger partial charge in [-0.2, -0.15) is 5.26 Å². The van der Waals surface area contributed by atoms with Crippen LogP contribution in [-0.2, 0) is 27.3 Å². The van der Waals surface area contributed by atoms with Gasteiger partial charge in [0.05, 0.1) is 17.5 Å². The summed E-state index contributed by atoms with van der Waals surface area (Å²) in [4.78, 5) is 35.6. The molecule has 3 aliphatic rings. The summed E-state index contributed by atoms with van der Waals surface area (Å²) >= 11 is 7.42. The van der Waals surface area contributed by atoms with Crippen molar-refractivity contribution in [3.63, 3.8) is 0 Å². The van der Waals surface area contributed by atoms with E-state index in [1.165, 1.54) is 22.5 Å². The highest BCUT2D eigenvalue weighted by Gasteiger charge is 2.61. The fourth-order valence-corrected chi connectivity index (χ4v) is 6.47. The summed E-state index contributed by atoms with van der Waals surface area (Å²) in [6, 6.07) is 12.1. The summed E-state index contributed by atoms with van der Waals surface area (Å²) in [7, 11) is 0. The minimum Gasteiger partial charge on any atom is -0.467 e. The number of fused-ring (bicyclic) bond motifs is 2. The van der Waals surface area contributed by atoms with Gasteiger partial charge in [-0.15, -0.1) is 11.3 Å². The number of nitrogens with zero attached hydrogens (tertiary/aromatic N) is 3. The van der Waals surface area contributed by atoms with E-state index in [0.717, 1.165) is 36.1 Å². The first kappa shape index (κ1) is 20.5. The maximum Gasteiger partial charge on any atom is 0.267 e.